The van der Waals surface area contributed by atoms with Crippen molar-refractivity contribution in [1.82, 2.24) is 59.0 Å². The van der Waals surface area contributed by atoms with Crippen LogP contribution in [0.25, 0.3) is 0 Å². The van der Waals surface area contributed by atoms with Crippen molar-refractivity contribution in [2.45, 2.75) is 170 Å². The van der Waals surface area contributed by atoms with Gasteiger partial charge < -0.3 is 137 Å². The molecule has 574 valence electrons. The van der Waals surface area contributed by atoms with Gasteiger partial charge in [-0.1, -0.05) is 0 Å². The fourth-order valence-electron chi connectivity index (χ4n) is 9.65. The van der Waals surface area contributed by atoms with Gasteiger partial charge in [0.1, 0.15) is 78.6 Å². The highest BCUT2D eigenvalue weighted by atomic mass is 16.8. The van der Waals surface area contributed by atoms with E-state index in [-0.39, 0.29) is 137 Å². The summed E-state index contributed by atoms with van der Waals surface area (Å²) in [5.74, 6) is -3.97. The molecule has 9 unspecified atom stereocenters. The van der Waals surface area contributed by atoms with Gasteiger partial charge in [0.25, 0.3) is 0 Å². The van der Waals surface area contributed by atoms with Gasteiger partial charge in [-0.25, -0.2) is 0 Å². The molecule has 0 aliphatic carbocycles. The Morgan fingerprint density at radius 3 is 0.970 bits per heavy atom. The molecule has 22 N–H and O–H groups in total. The molecule has 0 radical (unpaired) electrons. The van der Waals surface area contributed by atoms with Gasteiger partial charge in [0.15, 0.2) is 0 Å². The van der Waals surface area contributed by atoms with Gasteiger partial charge in [0.05, 0.1) is 99.1 Å². The van der Waals surface area contributed by atoms with E-state index in [1.54, 1.807) is 0 Å². The SMILES string of the molecule is CC(=O)NC1C(O)[C@@H](O)C(CO)O[C@H]1ONCCCNC(=O)CCOCC(COCCC(=O)NCCCNO[C@@H]1OC(CO)[C@H](O)C(O)C1NC(C)=O)(COCCC(=O)NCCCNO[C@@H]1OC(CO)[C@H](O)C(O)C1NC(C)=O)NC(=O)CCNC(=O)CCOCCOCCOCCN. The Kier molecular flexibility index (Phi) is 45.3. The van der Waals surface area contributed by atoms with Crippen LogP contribution in [-0.2, 0) is 95.5 Å². The minimum atomic E-state index is -1.56. The number of rotatable bonds is 54. The van der Waals surface area contributed by atoms with E-state index >= 15 is 0 Å². The Morgan fingerprint density at radius 2 is 0.667 bits per heavy atom. The van der Waals surface area contributed by atoms with Crippen LogP contribution in [0.4, 0.5) is 0 Å². The van der Waals surface area contributed by atoms with E-state index in [1.807, 2.05) is 0 Å². The van der Waals surface area contributed by atoms with Gasteiger partial charge >= 0.3 is 0 Å². The second-order valence-corrected chi connectivity index (χ2v) is 23.2. The number of aliphatic hydroxyl groups excluding tert-OH is 9. The van der Waals surface area contributed by atoms with Gasteiger partial charge in [-0.05, 0) is 19.3 Å². The van der Waals surface area contributed by atoms with Gasteiger partial charge in [0, 0.05) is 105 Å². The summed E-state index contributed by atoms with van der Waals surface area (Å²) in [5, 5.41) is 112. The zero-order valence-corrected chi connectivity index (χ0v) is 56.3. The van der Waals surface area contributed by atoms with E-state index in [0.29, 0.717) is 45.6 Å². The van der Waals surface area contributed by atoms with Crippen molar-refractivity contribution in [2.24, 2.45) is 5.73 Å². The molecule has 0 bridgehead atoms. The van der Waals surface area contributed by atoms with Crippen LogP contribution in [-0.4, -0.2) is 342 Å². The Balaban J connectivity index is 1.65. The largest absolute Gasteiger partial charge is 0.394 e. The van der Waals surface area contributed by atoms with Crippen LogP contribution < -0.4 is 64.7 Å². The molecule has 0 aromatic carbocycles. The molecule has 0 spiro atoms. The Labute approximate surface area is 573 Å². The first-order valence-electron chi connectivity index (χ1n) is 32.9. The number of nitrogens with two attached hydrogens (primary N) is 1. The number of hydrogen-bond donors (Lipinski definition) is 21. The molecule has 15 atom stereocenters. The van der Waals surface area contributed by atoms with Crippen LogP contribution in [0.15, 0.2) is 0 Å². The molecule has 3 aliphatic rings. The summed E-state index contributed by atoms with van der Waals surface area (Å²) >= 11 is 0. The van der Waals surface area contributed by atoms with E-state index in [4.69, 9.17) is 62.9 Å². The first kappa shape index (κ1) is 88.0. The summed E-state index contributed by atoms with van der Waals surface area (Å²) in [7, 11) is 0. The van der Waals surface area contributed by atoms with Crippen molar-refractivity contribution in [3.05, 3.63) is 0 Å². The van der Waals surface area contributed by atoms with E-state index in [0.717, 1.165) is 0 Å². The van der Waals surface area contributed by atoms with Gasteiger partial charge in [-0.2, -0.15) is 16.4 Å². The van der Waals surface area contributed by atoms with E-state index in [1.165, 1.54) is 20.8 Å². The average molecular weight is 1440 g/mol. The molecule has 0 saturated carbocycles. The lowest BCUT2D eigenvalue weighted by Gasteiger charge is -2.41. The lowest BCUT2D eigenvalue weighted by atomic mass is 9.97. The second-order valence-electron chi connectivity index (χ2n) is 23.2. The summed E-state index contributed by atoms with van der Waals surface area (Å²) in [6, 6.07) is -3.57. The van der Waals surface area contributed by atoms with Crippen molar-refractivity contribution in [2.75, 3.05) is 151 Å². The number of hydrogen-bond acceptors (Lipinski definition) is 33. The molecule has 3 fully saturated rings. The highest BCUT2D eigenvalue weighted by Crippen LogP contribution is 2.24. The summed E-state index contributed by atoms with van der Waals surface area (Å²) in [6.45, 7) is 2.68. The lowest BCUT2D eigenvalue weighted by molar-refractivity contribution is -0.286. The molecule has 3 rings (SSSR count). The lowest BCUT2D eigenvalue weighted by Crippen LogP contribution is -2.65. The Bertz CT molecular complexity index is 2120. The summed E-state index contributed by atoms with van der Waals surface area (Å²) < 4.78 is 50.7. The minimum Gasteiger partial charge on any atom is -0.394 e. The number of nitrogens with one attached hydrogen (secondary N) is 11. The standard InChI is InChI=1S/C58H108N12O29/c1-35(74)67-46-52(85)49(82)38(29-71)94-55(46)97-64-16-4-13-60-41(77)9-21-91-32-58(70-45(81)7-19-63-44(80)8-20-88-25-27-90-28-26-89-24-12-59,33-92-22-10-42(78)61-14-5-17-65-98-56-47(68-36(2)75)53(86)50(83)39(30-72)95-56)34-93-23-11-43(79)62-15-6-18-66-99-57-48(69-37(3)76)54(87)51(84)40(31-73)96-57/h38-40,46-57,64-66,71-73,82-87H,4-34,59H2,1-3H3,(H,60,77)(H,61,78)(H,62,79)(H,63,80)(H,67,74)(H,68,75)(H,69,76)(H,70,81)/t38?,39?,40?,46?,47?,48?,49-,50-,51-,52?,53?,54?,55-,56-,57-,58?/m0/s1. The number of amides is 8. The first-order chi connectivity index (χ1) is 47.5. The maximum atomic E-state index is 13.8. The summed E-state index contributed by atoms with van der Waals surface area (Å²) in [5.41, 5.74) is 11.7. The molecule has 41 nitrogen and oxygen atoms in total. The highest BCUT2D eigenvalue weighted by Gasteiger charge is 2.48. The minimum absolute atomic E-state index is 0.0244. The molecular weight excluding hydrogens is 1330 g/mol. The zero-order valence-electron chi connectivity index (χ0n) is 56.3. The van der Waals surface area contributed by atoms with Crippen molar-refractivity contribution in [3.63, 3.8) is 0 Å². The molecule has 41 heteroatoms. The molecule has 99 heavy (non-hydrogen) atoms. The summed E-state index contributed by atoms with van der Waals surface area (Å²) in [4.78, 5) is 117. The van der Waals surface area contributed by atoms with Crippen molar-refractivity contribution >= 4 is 47.3 Å². The maximum absolute atomic E-state index is 13.8. The fourth-order valence-corrected chi connectivity index (χ4v) is 9.65. The van der Waals surface area contributed by atoms with Gasteiger partial charge in [0.2, 0.25) is 66.1 Å². The van der Waals surface area contributed by atoms with Crippen LogP contribution in [0.1, 0.15) is 72.1 Å². The van der Waals surface area contributed by atoms with Crippen LogP contribution in [0.3, 0.4) is 0 Å². The van der Waals surface area contributed by atoms with Crippen molar-refractivity contribution < 1.29 is 141 Å². The third-order valence-electron chi connectivity index (χ3n) is 14.8. The fraction of sp³-hybridized carbons (Fsp3) is 0.862. The molecule has 3 heterocycles. The van der Waals surface area contributed by atoms with Gasteiger partial charge in [-0.3, -0.25) is 52.9 Å². The first-order valence-corrected chi connectivity index (χ1v) is 32.9. The molecule has 3 aliphatic heterocycles. The number of hydroxylamine groups is 3. The molecule has 3 saturated heterocycles. The van der Waals surface area contributed by atoms with Crippen LogP contribution in [0.5, 0.6) is 0 Å². The average Bonchev–Trinajstić information content (AvgIpc) is 0.832. The smallest absolute Gasteiger partial charge is 0.222 e. The van der Waals surface area contributed by atoms with Gasteiger partial charge in [-0.15, -0.1) is 0 Å². The third-order valence-corrected chi connectivity index (χ3v) is 14.8. The predicted molar refractivity (Wildman–Crippen MR) is 337 cm³/mol. The topological polar surface area (TPSA) is 588 Å². The van der Waals surface area contributed by atoms with Crippen molar-refractivity contribution in [1.29, 1.82) is 0 Å². The van der Waals surface area contributed by atoms with Crippen LogP contribution in [0.2, 0.25) is 0 Å². The quantitative estimate of drug-likeness (QED) is 0.0199. The molecule has 0 aromatic heterocycles. The number of carbonyl (C=O) groups is 8. The summed E-state index contributed by atoms with van der Waals surface area (Å²) in [6.07, 6.45) is -16.6. The normalized spacial score (nSPS) is 25.9. The maximum Gasteiger partial charge on any atom is 0.222 e. The highest BCUT2D eigenvalue weighted by molar-refractivity contribution is 5.80. The number of aliphatic hydroxyl groups is 9. The van der Waals surface area contributed by atoms with E-state index in [9.17, 15) is 84.3 Å². The Hall–Kier alpha value is -5.24. The van der Waals surface area contributed by atoms with Crippen molar-refractivity contribution in [3.8, 4) is 0 Å². The number of ether oxygens (including phenoxy) is 9. The molecule has 0 aromatic rings. The molecule has 8 amide bonds. The number of carbonyl (C=O) groups excluding carboxylic acids is 8. The zero-order chi connectivity index (χ0) is 73.0. The van der Waals surface area contributed by atoms with E-state index in [2.05, 4.69) is 59.0 Å². The monoisotopic (exact) mass is 1440 g/mol. The second kappa shape index (κ2) is 51.0. The third kappa shape index (κ3) is 35.5. The van der Waals surface area contributed by atoms with Crippen LogP contribution in [0, 0.1) is 0 Å². The predicted octanol–water partition coefficient (Wildman–Crippen LogP) is -11.1. The van der Waals surface area contributed by atoms with E-state index < -0.39 is 165 Å². The molecular formula is C58H108N12O29. The Morgan fingerprint density at radius 1 is 0.374 bits per heavy atom. The van der Waals surface area contributed by atoms with Crippen LogP contribution >= 0.6 is 0 Å².